The van der Waals surface area contributed by atoms with Crippen LogP contribution in [0.25, 0.3) is 0 Å². The van der Waals surface area contributed by atoms with Crippen molar-refractivity contribution in [1.82, 2.24) is 0 Å². The minimum Gasteiger partial charge on any atom is -0.633 e. The van der Waals surface area contributed by atoms with Gasteiger partial charge in [0.1, 0.15) is 17.0 Å². The van der Waals surface area contributed by atoms with E-state index in [1.54, 1.807) is 13.8 Å². The number of nitriles is 1. The van der Waals surface area contributed by atoms with Crippen molar-refractivity contribution in [3.8, 4) is 6.07 Å². The zero-order valence-corrected chi connectivity index (χ0v) is 8.59. The molecule has 0 saturated carbocycles. The summed E-state index contributed by atoms with van der Waals surface area (Å²) in [4.78, 5) is 0. The monoisotopic (exact) mass is 183 g/mol. The number of hydrogen-bond donors (Lipinski definition) is 2. The van der Waals surface area contributed by atoms with Gasteiger partial charge in [0, 0.05) is 0 Å². The lowest BCUT2D eigenvalue weighted by molar-refractivity contribution is -0.934. The van der Waals surface area contributed by atoms with E-state index >= 15 is 0 Å². The molecule has 0 aromatic carbocycles. The molecule has 1 rings (SSSR count). The first-order valence-corrected chi connectivity index (χ1v) is 4.46. The van der Waals surface area contributed by atoms with Gasteiger partial charge in [-0.3, -0.25) is 0 Å². The molecule has 13 heavy (non-hydrogen) atoms. The van der Waals surface area contributed by atoms with E-state index in [0.717, 1.165) is 0 Å². The standard InChI is InChI=1S/C9H17N3O/c1-8(2)6(5-10)7(11)9(3,4)12(8)13/h6-7,12H,11H2,1-4H3. The van der Waals surface area contributed by atoms with Crippen LogP contribution in [0.3, 0.4) is 0 Å². The van der Waals surface area contributed by atoms with Crippen LogP contribution >= 0.6 is 0 Å². The smallest absolute Gasteiger partial charge is 0.122 e. The number of nitrogens with two attached hydrogens (primary N) is 1. The van der Waals surface area contributed by atoms with Gasteiger partial charge in [-0.25, -0.2) is 0 Å². The number of nitrogens with one attached hydrogen (secondary N) is 1. The fourth-order valence-electron chi connectivity index (χ4n) is 2.23. The van der Waals surface area contributed by atoms with Gasteiger partial charge in [-0.15, -0.1) is 0 Å². The summed E-state index contributed by atoms with van der Waals surface area (Å²) >= 11 is 0. The van der Waals surface area contributed by atoms with E-state index in [1.807, 2.05) is 13.8 Å². The van der Waals surface area contributed by atoms with Crippen LogP contribution in [0.5, 0.6) is 0 Å². The maximum Gasteiger partial charge on any atom is 0.122 e. The highest BCUT2D eigenvalue weighted by atomic mass is 16.5. The Morgan fingerprint density at radius 3 is 1.92 bits per heavy atom. The lowest BCUT2D eigenvalue weighted by Crippen LogP contribution is -3.20. The lowest BCUT2D eigenvalue weighted by atomic mass is 9.84. The van der Waals surface area contributed by atoms with E-state index in [0.29, 0.717) is 0 Å². The summed E-state index contributed by atoms with van der Waals surface area (Å²) in [6, 6.07) is 1.80. The zero-order chi connectivity index (χ0) is 10.4. The van der Waals surface area contributed by atoms with Gasteiger partial charge in [-0.2, -0.15) is 5.26 Å². The minimum atomic E-state index is -0.600. The molecular formula is C9H17N3O. The Hall–Kier alpha value is -0.630. The van der Waals surface area contributed by atoms with Gasteiger partial charge in [0.05, 0.1) is 12.1 Å². The fraction of sp³-hybridized carbons (Fsp3) is 0.889. The van der Waals surface area contributed by atoms with E-state index in [4.69, 9.17) is 11.0 Å². The third-order valence-electron chi connectivity index (χ3n) is 3.28. The van der Waals surface area contributed by atoms with Crippen molar-refractivity contribution in [3.63, 3.8) is 0 Å². The van der Waals surface area contributed by atoms with Crippen molar-refractivity contribution in [2.24, 2.45) is 11.7 Å². The van der Waals surface area contributed by atoms with E-state index in [2.05, 4.69) is 6.07 Å². The summed E-state index contributed by atoms with van der Waals surface area (Å²) in [5, 5.41) is 20.9. The van der Waals surface area contributed by atoms with Gasteiger partial charge in [0.25, 0.3) is 0 Å². The Labute approximate surface area is 78.9 Å². The molecule has 3 N–H and O–H groups in total. The topological polar surface area (TPSA) is 77.3 Å². The van der Waals surface area contributed by atoms with E-state index in [-0.39, 0.29) is 17.0 Å². The lowest BCUT2D eigenvalue weighted by Gasteiger charge is -2.40. The largest absolute Gasteiger partial charge is 0.633 e. The van der Waals surface area contributed by atoms with Gasteiger partial charge in [-0.05, 0) is 27.7 Å². The number of hydroxylamine groups is 2. The molecule has 1 heterocycles. The number of quaternary nitrogens is 1. The van der Waals surface area contributed by atoms with Crippen molar-refractivity contribution in [2.45, 2.75) is 44.8 Å². The molecule has 0 spiro atoms. The van der Waals surface area contributed by atoms with Crippen LogP contribution in [0.1, 0.15) is 27.7 Å². The van der Waals surface area contributed by atoms with Gasteiger partial charge in [-0.1, -0.05) is 0 Å². The molecule has 1 aliphatic rings. The van der Waals surface area contributed by atoms with Crippen LogP contribution in [0.2, 0.25) is 0 Å². The second-order valence-corrected chi connectivity index (χ2v) is 4.91. The SMILES string of the molecule is CC1(C)C(N)C(C#N)C(C)(C)[NH+]1[O-]. The molecule has 0 radical (unpaired) electrons. The van der Waals surface area contributed by atoms with E-state index in [1.165, 1.54) is 0 Å². The molecule has 1 aliphatic heterocycles. The Morgan fingerprint density at radius 1 is 1.31 bits per heavy atom. The average Bonchev–Trinajstić information content (AvgIpc) is 2.12. The normalized spacial score (nSPS) is 41.5. The molecule has 4 nitrogen and oxygen atoms in total. The van der Waals surface area contributed by atoms with Crippen LogP contribution in [-0.2, 0) is 0 Å². The molecule has 0 aliphatic carbocycles. The molecule has 0 amide bonds. The zero-order valence-electron chi connectivity index (χ0n) is 8.59. The molecule has 1 fully saturated rings. The second kappa shape index (κ2) is 2.68. The Morgan fingerprint density at radius 2 is 1.77 bits per heavy atom. The fourth-order valence-corrected chi connectivity index (χ4v) is 2.23. The molecule has 0 bridgehead atoms. The van der Waals surface area contributed by atoms with Gasteiger partial charge < -0.3 is 16.0 Å². The third-order valence-corrected chi connectivity index (χ3v) is 3.28. The summed E-state index contributed by atoms with van der Waals surface area (Å²) in [6.07, 6.45) is 0. The van der Waals surface area contributed by atoms with E-state index < -0.39 is 11.1 Å². The predicted octanol–water partition coefficient (Wildman–Crippen LogP) is -0.593. The summed E-state index contributed by atoms with van der Waals surface area (Å²) < 4.78 is 0. The summed E-state index contributed by atoms with van der Waals surface area (Å²) in [5.41, 5.74) is 4.72. The average molecular weight is 183 g/mol. The van der Waals surface area contributed by atoms with Crippen LogP contribution in [-0.4, -0.2) is 17.1 Å². The number of hydrogen-bond acceptors (Lipinski definition) is 3. The van der Waals surface area contributed by atoms with Crippen molar-refractivity contribution < 1.29 is 5.06 Å². The molecule has 1 saturated heterocycles. The highest BCUT2D eigenvalue weighted by Gasteiger charge is 2.58. The van der Waals surface area contributed by atoms with Crippen LogP contribution in [0.4, 0.5) is 0 Å². The minimum absolute atomic E-state index is 0.0963. The first-order chi connectivity index (χ1) is 5.76. The second-order valence-electron chi connectivity index (χ2n) is 4.91. The Kier molecular flexibility index (Phi) is 2.15. The molecule has 4 heteroatoms. The molecular weight excluding hydrogens is 166 g/mol. The van der Waals surface area contributed by atoms with E-state index in [9.17, 15) is 5.21 Å². The van der Waals surface area contributed by atoms with Crippen molar-refractivity contribution in [2.75, 3.05) is 0 Å². The highest BCUT2D eigenvalue weighted by Crippen LogP contribution is 2.29. The molecule has 3 unspecified atom stereocenters. The summed E-state index contributed by atoms with van der Waals surface area (Å²) in [7, 11) is 0. The summed E-state index contributed by atoms with van der Waals surface area (Å²) in [5.74, 6) is -0.366. The molecule has 0 aromatic heterocycles. The van der Waals surface area contributed by atoms with Gasteiger partial charge in [0.2, 0.25) is 0 Å². The first-order valence-electron chi connectivity index (χ1n) is 4.46. The van der Waals surface area contributed by atoms with Crippen LogP contribution in [0, 0.1) is 22.5 Å². The summed E-state index contributed by atoms with van der Waals surface area (Å²) in [6.45, 7) is 7.24. The van der Waals surface area contributed by atoms with Crippen LogP contribution < -0.4 is 10.8 Å². The number of rotatable bonds is 0. The predicted molar refractivity (Wildman–Crippen MR) is 49.6 cm³/mol. The molecule has 0 aromatic rings. The maximum absolute atomic E-state index is 11.9. The first kappa shape index (κ1) is 10.5. The maximum atomic E-state index is 11.9. The highest BCUT2D eigenvalue weighted by molar-refractivity contribution is 5.10. The van der Waals surface area contributed by atoms with Crippen molar-refractivity contribution in [3.05, 3.63) is 5.21 Å². The molecule has 3 atom stereocenters. The van der Waals surface area contributed by atoms with Crippen LogP contribution in [0.15, 0.2) is 0 Å². The third kappa shape index (κ3) is 1.16. The molecule has 74 valence electrons. The number of nitrogens with zero attached hydrogens (tertiary/aromatic N) is 1. The quantitative estimate of drug-likeness (QED) is 0.493. The van der Waals surface area contributed by atoms with Gasteiger partial charge >= 0.3 is 0 Å². The Balaban J connectivity index is 3.13. The Bertz CT molecular complexity index is 254. The van der Waals surface area contributed by atoms with Crippen molar-refractivity contribution >= 4 is 0 Å². The van der Waals surface area contributed by atoms with Crippen molar-refractivity contribution in [1.29, 1.82) is 5.26 Å². The van der Waals surface area contributed by atoms with Gasteiger partial charge in [0.15, 0.2) is 0 Å².